The molecule has 15 heavy (non-hydrogen) atoms. The van der Waals surface area contributed by atoms with Gasteiger partial charge in [0.05, 0.1) is 0 Å². The Morgan fingerprint density at radius 1 is 1.33 bits per heavy atom. The van der Waals surface area contributed by atoms with E-state index < -0.39 is 0 Å². The molecule has 0 saturated carbocycles. The lowest BCUT2D eigenvalue weighted by Crippen LogP contribution is -2.18. The van der Waals surface area contributed by atoms with Gasteiger partial charge < -0.3 is 11.1 Å². The topological polar surface area (TPSA) is 38.0 Å². The largest absolute Gasteiger partial charge is 0.399 e. The van der Waals surface area contributed by atoms with Crippen LogP contribution in [0.15, 0.2) is 18.2 Å². The third-order valence-corrected chi connectivity index (χ3v) is 3.11. The summed E-state index contributed by atoms with van der Waals surface area (Å²) in [6.07, 6.45) is 1.18. The standard InChI is InChI=1S/C12H19IN2/c1-8(2)6-9(3)15-12-5-4-10(14)7-11(12)13/h4-5,7-9,15H,6,14H2,1-3H3. The van der Waals surface area contributed by atoms with E-state index in [2.05, 4.69) is 48.7 Å². The van der Waals surface area contributed by atoms with Crippen LogP contribution >= 0.6 is 22.6 Å². The van der Waals surface area contributed by atoms with Crippen LogP contribution in [0.25, 0.3) is 0 Å². The van der Waals surface area contributed by atoms with Crippen molar-refractivity contribution in [2.24, 2.45) is 5.92 Å². The Balaban J connectivity index is 2.64. The van der Waals surface area contributed by atoms with Crippen molar-refractivity contribution in [3.63, 3.8) is 0 Å². The van der Waals surface area contributed by atoms with Gasteiger partial charge >= 0.3 is 0 Å². The first kappa shape index (κ1) is 12.6. The summed E-state index contributed by atoms with van der Waals surface area (Å²) in [4.78, 5) is 0. The van der Waals surface area contributed by atoms with Crippen molar-refractivity contribution in [3.05, 3.63) is 21.8 Å². The van der Waals surface area contributed by atoms with Crippen LogP contribution in [0.3, 0.4) is 0 Å². The molecule has 1 unspecified atom stereocenters. The van der Waals surface area contributed by atoms with Gasteiger partial charge in [-0.25, -0.2) is 0 Å². The Morgan fingerprint density at radius 2 is 2.00 bits per heavy atom. The van der Waals surface area contributed by atoms with Gasteiger partial charge in [-0.05, 0) is 60.1 Å². The number of anilines is 2. The minimum absolute atomic E-state index is 0.502. The Bertz CT molecular complexity index is 323. The van der Waals surface area contributed by atoms with Crippen molar-refractivity contribution < 1.29 is 0 Å². The number of nitrogens with one attached hydrogen (secondary N) is 1. The van der Waals surface area contributed by atoms with Crippen molar-refractivity contribution in [2.75, 3.05) is 11.1 Å². The smallest absolute Gasteiger partial charge is 0.0479 e. The lowest BCUT2D eigenvalue weighted by molar-refractivity contribution is 0.539. The Hall–Kier alpha value is -0.450. The quantitative estimate of drug-likeness (QED) is 0.656. The number of hydrogen-bond donors (Lipinski definition) is 2. The molecule has 1 aromatic carbocycles. The van der Waals surface area contributed by atoms with E-state index >= 15 is 0 Å². The molecular formula is C12H19IN2. The Morgan fingerprint density at radius 3 is 2.53 bits per heavy atom. The van der Waals surface area contributed by atoms with Gasteiger partial charge in [-0.1, -0.05) is 13.8 Å². The molecule has 0 spiro atoms. The zero-order valence-corrected chi connectivity index (χ0v) is 11.7. The average Bonchev–Trinajstić information content (AvgIpc) is 2.08. The number of nitrogens with two attached hydrogens (primary N) is 1. The van der Waals surface area contributed by atoms with E-state index in [0.29, 0.717) is 6.04 Å². The first-order valence-corrected chi connectivity index (χ1v) is 6.38. The molecule has 1 aromatic rings. The van der Waals surface area contributed by atoms with Gasteiger partial charge in [-0.3, -0.25) is 0 Å². The minimum atomic E-state index is 0.502. The van der Waals surface area contributed by atoms with Crippen LogP contribution in [-0.4, -0.2) is 6.04 Å². The molecule has 0 heterocycles. The highest BCUT2D eigenvalue weighted by Gasteiger charge is 2.06. The summed E-state index contributed by atoms with van der Waals surface area (Å²) >= 11 is 2.31. The predicted octanol–water partition coefficient (Wildman–Crippen LogP) is 3.72. The lowest BCUT2D eigenvalue weighted by atomic mass is 10.1. The van der Waals surface area contributed by atoms with Crippen LogP contribution in [0.2, 0.25) is 0 Å². The molecule has 0 aliphatic heterocycles. The summed E-state index contributed by atoms with van der Waals surface area (Å²) in [5.74, 6) is 0.721. The number of rotatable bonds is 4. The van der Waals surface area contributed by atoms with E-state index in [4.69, 9.17) is 5.73 Å². The molecule has 2 nitrogen and oxygen atoms in total. The highest BCUT2D eigenvalue weighted by Crippen LogP contribution is 2.22. The highest BCUT2D eigenvalue weighted by atomic mass is 127. The monoisotopic (exact) mass is 318 g/mol. The van der Waals surface area contributed by atoms with E-state index in [1.807, 2.05) is 18.2 Å². The first-order chi connectivity index (χ1) is 6.99. The molecule has 0 aliphatic rings. The summed E-state index contributed by atoms with van der Waals surface area (Å²) < 4.78 is 1.18. The van der Waals surface area contributed by atoms with E-state index in [0.717, 1.165) is 11.6 Å². The van der Waals surface area contributed by atoms with E-state index in [9.17, 15) is 0 Å². The molecule has 3 N–H and O–H groups in total. The molecule has 0 aromatic heterocycles. The van der Waals surface area contributed by atoms with E-state index in [-0.39, 0.29) is 0 Å². The second kappa shape index (κ2) is 5.58. The van der Waals surface area contributed by atoms with Crippen molar-refractivity contribution in [3.8, 4) is 0 Å². The molecule has 0 fully saturated rings. The maximum atomic E-state index is 5.71. The molecule has 0 saturated heterocycles. The van der Waals surface area contributed by atoms with E-state index in [1.165, 1.54) is 15.7 Å². The maximum absolute atomic E-state index is 5.71. The van der Waals surface area contributed by atoms with Crippen LogP contribution in [0, 0.1) is 9.49 Å². The lowest BCUT2D eigenvalue weighted by Gasteiger charge is -2.18. The second-order valence-corrected chi connectivity index (χ2v) is 5.58. The van der Waals surface area contributed by atoms with E-state index in [1.54, 1.807) is 0 Å². The molecule has 0 amide bonds. The van der Waals surface area contributed by atoms with Gasteiger partial charge in [0.15, 0.2) is 0 Å². The third-order valence-electron chi connectivity index (χ3n) is 2.22. The minimum Gasteiger partial charge on any atom is -0.399 e. The normalized spacial score (nSPS) is 12.9. The fourth-order valence-electron chi connectivity index (χ4n) is 1.68. The Labute approximate surface area is 106 Å². The summed E-state index contributed by atoms with van der Waals surface area (Å²) in [5.41, 5.74) is 7.71. The average molecular weight is 318 g/mol. The second-order valence-electron chi connectivity index (χ2n) is 4.41. The molecule has 3 heteroatoms. The third kappa shape index (κ3) is 4.28. The van der Waals surface area contributed by atoms with Crippen LogP contribution in [0.1, 0.15) is 27.2 Å². The predicted molar refractivity (Wildman–Crippen MR) is 76.1 cm³/mol. The summed E-state index contributed by atoms with van der Waals surface area (Å²) in [6.45, 7) is 6.70. The van der Waals surface area contributed by atoms with Crippen LogP contribution in [0.4, 0.5) is 11.4 Å². The molecular weight excluding hydrogens is 299 g/mol. The Kier molecular flexibility index (Phi) is 4.70. The molecule has 1 atom stereocenters. The van der Waals surface area contributed by atoms with Gasteiger partial charge in [0.25, 0.3) is 0 Å². The number of hydrogen-bond acceptors (Lipinski definition) is 2. The molecule has 84 valence electrons. The molecule has 0 radical (unpaired) electrons. The van der Waals surface area contributed by atoms with Gasteiger partial charge in [0.2, 0.25) is 0 Å². The summed E-state index contributed by atoms with van der Waals surface area (Å²) in [5, 5.41) is 3.51. The van der Waals surface area contributed by atoms with Crippen molar-refractivity contribution in [1.82, 2.24) is 0 Å². The molecule has 0 aliphatic carbocycles. The molecule has 1 rings (SSSR count). The summed E-state index contributed by atoms with van der Waals surface area (Å²) in [7, 11) is 0. The van der Waals surface area contributed by atoms with Crippen LogP contribution in [-0.2, 0) is 0 Å². The van der Waals surface area contributed by atoms with Crippen LogP contribution < -0.4 is 11.1 Å². The van der Waals surface area contributed by atoms with Gasteiger partial charge in [-0.2, -0.15) is 0 Å². The van der Waals surface area contributed by atoms with Crippen molar-refractivity contribution >= 4 is 34.0 Å². The fraction of sp³-hybridized carbons (Fsp3) is 0.500. The SMILES string of the molecule is CC(C)CC(C)Nc1ccc(N)cc1I. The zero-order valence-electron chi connectivity index (χ0n) is 9.55. The summed E-state index contributed by atoms with van der Waals surface area (Å²) in [6, 6.07) is 6.48. The van der Waals surface area contributed by atoms with Gasteiger partial charge in [0, 0.05) is 21.0 Å². The number of benzene rings is 1. The first-order valence-electron chi connectivity index (χ1n) is 5.30. The highest BCUT2D eigenvalue weighted by molar-refractivity contribution is 14.1. The van der Waals surface area contributed by atoms with Gasteiger partial charge in [-0.15, -0.1) is 0 Å². The molecule has 0 bridgehead atoms. The van der Waals surface area contributed by atoms with Crippen molar-refractivity contribution in [2.45, 2.75) is 33.2 Å². The van der Waals surface area contributed by atoms with Crippen molar-refractivity contribution in [1.29, 1.82) is 0 Å². The maximum Gasteiger partial charge on any atom is 0.0479 e. The number of nitrogen functional groups attached to an aromatic ring is 1. The van der Waals surface area contributed by atoms with Gasteiger partial charge in [0.1, 0.15) is 0 Å². The van der Waals surface area contributed by atoms with Crippen LogP contribution in [0.5, 0.6) is 0 Å². The number of halogens is 1. The zero-order chi connectivity index (χ0) is 11.4. The fourth-order valence-corrected chi connectivity index (χ4v) is 2.37.